The number of aryl methyl sites for hydroxylation is 1. The summed E-state index contributed by atoms with van der Waals surface area (Å²) < 4.78 is 40.0. The van der Waals surface area contributed by atoms with E-state index in [1.165, 1.54) is 10.9 Å². The van der Waals surface area contributed by atoms with Gasteiger partial charge in [-0.05, 0) is 24.3 Å². The third kappa shape index (κ3) is 3.89. The van der Waals surface area contributed by atoms with Crippen LogP contribution in [0.4, 0.5) is 18.9 Å². The monoisotopic (exact) mass is 342 g/mol. The van der Waals surface area contributed by atoms with Crippen molar-refractivity contribution < 1.29 is 27.9 Å². The molecular formula is C14H13F3N4O3. The molecule has 0 bridgehead atoms. The average Bonchev–Trinajstić information content (AvgIpc) is 2.92. The van der Waals surface area contributed by atoms with Crippen molar-refractivity contribution in [1.82, 2.24) is 14.8 Å². The van der Waals surface area contributed by atoms with Gasteiger partial charge in [0, 0.05) is 25.7 Å². The molecule has 0 unspecified atom stereocenters. The number of nitrogens with zero attached hydrogens (tertiary/aromatic N) is 4. The molecule has 10 heteroatoms. The highest BCUT2D eigenvalue weighted by Crippen LogP contribution is 2.24. The van der Waals surface area contributed by atoms with E-state index in [0.717, 1.165) is 24.3 Å². The lowest BCUT2D eigenvalue weighted by atomic mass is 10.2. The molecule has 0 saturated carbocycles. The summed E-state index contributed by atoms with van der Waals surface area (Å²) >= 11 is 0. The summed E-state index contributed by atoms with van der Waals surface area (Å²) in [6.45, 7) is -0.280. The van der Waals surface area contributed by atoms with Crippen LogP contribution in [0.5, 0.6) is 0 Å². The number of benzene rings is 1. The molecule has 1 N–H and O–H groups in total. The van der Waals surface area contributed by atoms with Gasteiger partial charge in [-0.3, -0.25) is 4.79 Å². The number of amides is 1. The predicted octanol–water partition coefficient (Wildman–Crippen LogP) is 1.65. The summed E-state index contributed by atoms with van der Waals surface area (Å²) in [6.07, 6.45) is -3.60. The number of carbonyl (C=O) groups is 2. The number of carbonyl (C=O) groups excluding carboxylic acids is 1. The van der Waals surface area contributed by atoms with Gasteiger partial charge in [0.05, 0.1) is 5.56 Å². The van der Waals surface area contributed by atoms with Crippen LogP contribution < -0.4 is 4.90 Å². The predicted molar refractivity (Wildman–Crippen MR) is 76.5 cm³/mol. The summed E-state index contributed by atoms with van der Waals surface area (Å²) in [6, 6.07) is 4.58. The van der Waals surface area contributed by atoms with Crippen molar-refractivity contribution >= 4 is 17.6 Å². The van der Waals surface area contributed by atoms with E-state index >= 15 is 0 Å². The van der Waals surface area contributed by atoms with Gasteiger partial charge in [-0.2, -0.15) is 13.2 Å². The second-order valence-corrected chi connectivity index (χ2v) is 4.91. The Bertz CT molecular complexity index is 740. The Hall–Kier alpha value is -2.91. The zero-order chi connectivity index (χ0) is 17.9. The van der Waals surface area contributed by atoms with Gasteiger partial charge in [-0.25, -0.2) is 4.79 Å². The topological polar surface area (TPSA) is 88.3 Å². The number of rotatable bonds is 5. The molecule has 1 aromatic heterocycles. The van der Waals surface area contributed by atoms with E-state index in [4.69, 9.17) is 5.11 Å². The first-order valence-electron chi connectivity index (χ1n) is 6.75. The zero-order valence-electron chi connectivity index (χ0n) is 12.5. The molecule has 7 nitrogen and oxygen atoms in total. The van der Waals surface area contributed by atoms with E-state index < -0.39 is 18.1 Å². The lowest BCUT2D eigenvalue weighted by Gasteiger charge is -2.23. The Balaban J connectivity index is 2.27. The van der Waals surface area contributed by atoms with Gasteiger partial charge < -0.3 is 14.6 Å². The maximum atomic E-state index is 12.8. The standard InChI is InChI=1S/C14H13F3N4O3/c1-20-8-18-19-11(20)6-7-21(13(24)14(15,16)17)10-4-2-9(3-5-10)12(22)23/h2-5,8H,6-7H2,1H3,(H,22,23). The van der Waals surface area contributed by atoms with E-state index in [-0.39, 0.29) is 24.2 Å². The average molecular weight is 342 g/mol. The summed E-state index contributed by atoms with van der Waals surface area (Å²) in [5, 5.41) is 16.2. The van der Waals surface area contributed by atoms with Gasteiger partial charge >= 0.3 is 18.1 Å². The molecule has 2 rings (SSSR count). The Morgan fingerprint density at radius 3 is 2.33 bits per heavy atom. The van der Waals surface area contributed by atoms with Crippen LogP contribution in [0.1, 0.15) is 16.2 Å². The molecule has 0 fully saturated rings. The molecule has 1 heterocycles. The third-order valence-corrected chi connectivity index (χ3v) is 3.28. The lowest BCUT2D eigenvalue weighted by molar-refractivity contribution is -0.170. The number of hydrogen-bond donors (Lipinski definition) is 1. The van der Waals surface area contributed by atoms with Gasteiger partial charge in [-0.1, -0.05) is 0 Å². The fraction of sp³-hybridized carbons (Fsp3) is 0.286. The number of anilines is 1. The molecule has 0 aliphatic heterocycles. The smallest absolute Gasteiger partial charge is 0.471 e. The molecule has 1 amide bonds. The van der Waals surface area contributed by atoms with Crippen molar-refractivity contribution in [2.24, 2.45) is 7.05 Å². The van der Waals surface area contributed by atoms with E-state index in [9.17, 15) is 22.8 Å². The van der Waals surface area contributed by atoms with E-state index in [2.05, 4.69) is 10.2 Å². The minimum atomic E-state index is -5.05. The highest BCUT2D eigenvalue weighted by atomic mass is 19.4. The van der Waals surface area contributed by atoms with Gasteiger partial charge in [-0.15, -0.1) is 10.2 Å². The number of aromatic nitrogens is 3. The Labute approximate surface area is 134 Å². The molecule has 24 heavy (non-hydrogen) atoms. The van der Waals surface area contributed by atoms with Crippen molar-refractivity contribution in [2.75, 3.05) is 11.4 Å². The molecule has 0 aliphatic carbocycles. The first-order valence-corrected chi connectivity index (χ1v) is 6.75. The summed E-state index contributed by atoms with van der Waals surface area (Å²) in [4.78, 5) is 23.0. The number of alkyl halides is 3. The molecule has 0 aliphatic rings. The minimum Gasteiger partial charge on any atom is -0.478 e. The van der Waals surface area contributed by atoms with Gasteiger partial charge in [0.15, 0.2) is 0 Å². The van der Waals surface area contributed by atoms with Crippen molar-refractivity contribution in [3.05, 3.63) is 42.0 Å². The Kier molecular flexibility index (Phi) is 4.86. The van der Waals surface area contributed by atoms with E-state index in [0.29, 0.717) is 10.7 Å². The van der Waals surface area contributed by atoms with Crippen LogP contribution in [0, 0.1) is 0 Å². The molecule has 0 atom stereocenters. The maximum Gasteiger partial charge on any atom is 0.471 e. The van der Waals surface area contributed by atoms with Crippen LogP contribution in [0.15, 0.2) is 30.6 Å². The SMILES string of the molecule is Cn1cnnc1CCN(C(=O)C(F)(F)F)c1ccc(C(=O)O)cc1. The Morgan fingerprint density at radius 2 is 1.88 bits per heavy atom. The van der Waals surface area contributed by atoms with E-state index in [1.54, 1.807) is 7.05 Å². The van der Waals surface area contributed by atoms with Crippen LogP contribution in [-0.4, -0.2) is 44.5 Å². The third-order valence-electron chi connectivity index (χ3n) is 3.28. The molecule has 0 spiro atoms. The van der Waals surface area contributed by atoms with Crippen molar-refractivity contribution in [2.45, 2.75) is 12.6 Å². The van der Waals surface area contributed by atoms with E-state index in [1.807, 2.05) is 0 Å². The van der Waals surface area contributed by atoms with Gasteiger partial charge in [0.2, 0.25) is 0 Å². The first-order chi connectivity index (χ1) is 11.2. The quantitative estimate of drug-likeness (QED) is 0.893. The largest absolute Gasteiger partial charge is 0.478 e. The second-order valence-electron chi connectivity index (χ2n) is 4.91. The molecule has 1 aromatic carbocycles. The molecule has 2 aromatic rings. The molecule has 128 valence electrons. The molecular weight excluding hydrogens is 329 g/mol. The van der Waals surface area contributed by atoms with Crippen LogP contribution in [0.25, 0.3) is 0 Å². The van der Waals surface area contributed by atoms with Crippen molar-refractivity contribution in [3.63, 3.8) is 0 Å². The summed E-state index contributed by atoms with van der Waals surface area (Å²) in [5.74, 6) is -2.83. The maximum absolute atomic E-state index is 12.8. The molecule has 0 saturated heterocycles. The minimum absolute atomic E-state index is 0.0514. The lowest BCUT2D eigenvalue weighted by Crippen LogP contribution is -2.42. The van der Waals surface area contributed by atoms with Crippen molar-refractivity contribution in [3.8, 4) is 0 Å². The number of carboxylic acids is 1. The summed E-state index contributed by atoms with van der Waals surface area (Å²) in [7, 11) is 1.63. The number of carboxylic acid groups (broad SMARTS) is 1. The number of aromatic carboxylic acids is 1. The van der Waals surface area contributed by atoms with Crippen molar-refractivity contribution in [1.29, 1.82) is 0 Å². The Morgan fingerprint density at radius 1 is 1.25 bits per heavy atom. The van der Waals surface area contributed by atoms with Crippen LogP contribution in [0.2, 0.25) is 0 Å². The fourth-order valence-corrected chi connectivity index (χ4v) is 2.03. The van der Waals surface area contributed by atoms with Crippen LogP contribution in [0.3, 0.4) is 0 Å². The molecule has 0 radical (unpaired) electrons. The van der Waals surface area contributed by atoms with Crippen LogP contribution in [-0.2, 0) is 18.3 Å². The number of hydrogen-bond acceptors (Lipinski definition) is 4. The van der Waals surface area contributed by atoms with Gasteiger partial charge in [0.25, 0.3) is 0 Å². The van der Waals surface area contributed by atoms with Gasteiger partial charge in [0.1, 0.15) is 12.2 Å². The fourth-order valence-electron chi connectivity index (χ4n) is 2.03. The van der Waals surface area contributed by atoms with Crippen LogP contribution >= 0.6 is 0 Å². The summed E-state index contributed by atoms with van der Waals surface area (Å²) in [5.41, 5.74) is -0.143. The first kappa shape index (κ1) is 17.4. The second kappa shape index (κ2) is 6.69. The zero-order valence-corrected chi connectivity index (χ0v) is 12.5. The normalized spacial score (nSPS) is 11.3. The highest BCUT2D eigenvalue weighted by molar-refractivity contribution is 5.97. The number of halogens is 3. The highest BCUT2D eigenvalue weighted by Gasteiger charge is 2.43.